The average Bonchev–Trinajstić information content (AvgIpc) is 2.72. The van der Waals surface area contributed by atoms with Crippen LogP contribution >= 0.6 is 23.2 Å². The zero-order valence-corrected chi connectivity index (χ0v) is 20.0. The highest BCUT2D eigenvalue weighted by Crippen LogP contribution is 2.24. The molecule has 0 aromatic heterocycles. The molecule has 0 unspecified atom stereocenters. The molecule has 0 heterocycles. The summed E-state index contributed by atoms with van der Waals surface area (Å²) in [6.07, 6.45) is 0.815. The molecule has 2 aromatic carbocycles. The standard InChI is InChI=1S/C24H30Cl2N2O3/c1-16(2)27-24(30)18(4)28(15-19-9-12-21(25)22(26)14-19)23(29)6-5-13-31-20-10-7-17(3)8-11-20/h7-12,14,16,18H,5-6,13,15H2,1-4H3,(H,27,30)/t18-/m0/s1. The van der Waals surface area contributed by atoms with Gasteiger partial charge in [0.2, 0.25) is 11.8 Å². The maximum atomic E-state index is 13.0. The van der Waals surface area contributed by atoms with Crippen LogP contribution in [0.4, 0.5) is 0 Å². The number of carbonyl (C=O) groups excluding carboxylic acids is 2. The Balaban J connectivity index is 2.02. The number of aryl methyl sites for hydroxylation is 1. The Bertz CT molecular complexity index is 885. The summed E-state index contributed by atoms with van der Waals surface area (Å²) in [4.78, 5) is 27.2. The zero-order chi connectivity index (χ0) is 23.0. The highest BCUT2D eigenvalue weighted by Gasteiger charge is 2.26. The van der Waals surface area contributed by atoms with Crippen LogP contribution < -0.4 is 10.1 Å². The summed E-state index contributed by atoms with van der Waals surface area (Å²) in [5.41, 5.74) is 1.97. The third-order valence-corrected chi connectivity index (χ3v) is 5.50. The smallest absolute Gasteiger partial charge is 0.242 e. The molecular weight excluding hydrogens is 435 g/mol. The van der Waals surface area contributed by atoms with Gasteiger partial charge in [0, 0.05) is 19.0 Å². The normalized spacial score (nSPS) is 11.8. The number of nitrogens with one attached hydrogen (secondary N) is 1. The number of hydrogen-bond donors (Lipinski definition) is 1. The van der Waals surface area contributed by atoms with E-state index in [9.17, 15) is 9.59 Å². The second-order valence-corrected chi connectivity index (χ2v) is 8.69. The number of halogens is 2. The Morgan fingerprint density at radius 1 is 1.03 bits per heavy atom. The lowest BCUT2D eigenvalue weighted by Gasteiger charge is -2.29. The van der Waals surface area contributed by atoms with Gasteiger partial charge < -0.3 is 15.0 Å². The van der Waals surface area contributed by atoms with Crippen LogP contribution in [0.25, 0.3) is 0 Å². The van der Waals surface area contributed by atoms with Gasteiger partial charge in [-0.15, -0.1) is 0 Å². The van der Waals surface area contributed by atoms with Gasteiger partial charge in [-0.1, -0.05) is 47.0 Å². The molecule has 5 nitrogen and oxygen atoms in total. The van der Waals surface area contributed by atoms with Crippen molar-refractivity contribution in [3.05, 3.63) is 63.6 Å². The first-order valence-corrected chi connectivity index (χ1v) is 11.2. The molecule has 0 aliphatic heterocycles. The predicted molar refractivity (Wildman–Crippen MR) is 126 cm³/mol. The highest BCUT2D eigenvalue weighted by molar-refractivity contribution is 6.42. The van der Waals surface area contributed by atoms with E-state index in [0.29, 0.717) is 23.1 Å². The molecule has 0 radical (unpaired) electrons. The van der Waals surface area contributed by atoms with Gasteiger partial charge in [-0.25, -0.2) is 0 Å². The van der Waals surface area contributed by atoms with Gasteiger partial charge in [-0.2, -0.15) is 0 Å². The monoisotopic (exact) mass is 464 g/mol. The fourth-order valence-electron chi connectivity index (χ4n) is 3.01. The molecule has 1 N–H and O–H groups in total. The third kappa shape index (κ3) is 8.08. The largest absolute Gasteiger partial charge is 0.494 e. The minimum absolute atomic E-state index is 0.0141. The quantitative estimate of drug-likeness (QED) is 0.478. The van der Waals surface area contributed by atoms with Crippen LogP contribution in [-0.2, 0) is 16.1 Å². The summed E-state index contributed by atoms with van der Waals surface area (Å²) in [6.45, 7) is 8.21. The van der Waals surface area contributed by atoms with E-state index in [1.165, 1.54) is 0 Å². The molecule has 0 fully saturated rings. The van der Waals surface area contributed by atoms with Crippen LogP contribution in [-0.4, -0.2) is 35.4 Å². The van der Waals surface area contributed by atoms with Crippen molar-refractivity contribution in [3.8, 4) is 5.75 Å². The van der Waals surface area contributed by atoms with Crippen LogP contribution in [0.15, 0.2) is 42.5 Å². The maximum Gasteiger partial charge on any atom is 0.242 e. The molecule has 0 bridgehead atoms. The molecule has 0 aliphatic carbocycles. The lowest BCUT2D eigenvalue weighted by molar-refractivity contribution is -0.141. The van der Waals surface area contributed by atoms with Gasteiger partial charge in [0.15, 0.2) is 0 Å². The van der Waals surface area contributed by atoms with Crippen molar-refractivity contribution < 1.29 is 14.3 Å². The number of carbonyl (C=O) groups is 2. The molecule has 0 saturated carbocycles. The van der Waals surface area contributed by atoms with E-state index in [0.717, 1.165) is 16.9 Å². The lowest BCUT2D eigenvalue weighted by Crippen LogP contribution is -2.49. The summed E-state index contributed by atoms with van der Waals surface area (Å²) < 4.78 is 5.72. The fourth-order valence-corrected chi connectivity index (χ4v) is 3.33. The molecule has 2 aromatic rings. The predicted octanol–water partition coefficient (Wildman–Crippen LogP) is 5.40. The van der Waals surface area contributed by atoms with Crippen molar-refractivity contribution in [2.45, 2.75) is 59.2 Å². The highest BCUT2D eigenvalue weighted by atomic mass is 35.5. The summed E-state index contributed by atoms with van der Waals surface area (Å²) in [5.74, 6) is 0.458. The van der Waals surface area contributed by atoms with E-state index in [1.54, 1.807) is 24.0 Å². The Kier molecular flexibility index (Phi) is 9.66. The van der Waals surface area contributed by atoms with Crippen molar-refractivity contribution >= 4 is 35.0 Å². The number of hydrogen-bond acceptors (Lipinski definition) is 3. The van der Waals surface area contributed by atoms with Crippen molar-refractivity contribution in [1.29, 1.82) is 0 Å². The van der Waals surface area contributed by atoms with Gasteiger partial charge in [0.25, 0.3) is 0 Å². The Hall–Kier alpha value is -2.24. The topological polar surface area (TPSA) is 58.6 Å². The minimum Gasteiger partial charge on any atom is -0.494 e. The summed E-state index contributed by atoms with van der Waals surface area (Å²) in [5, 5.41) is 3.73. The number of rotatable bonds is 10. The summed E-state index contributed by atoms with van der Waals surface area (Å²) in [6, 6.07) is 12.4. The van der Waals surface area contributed by atoms with E-state index in [4.69, 9.17) is 27.9 Å². The van der Waals surface area contributed by atoms with Gasteiger partial charge in [-0.3, -0.25) is 9.59 Å². The van der Waals surface area contributed by atoms with Crippen molar-refractivity contribution in [2.24, 2.45) is 0 Å². The van der Waals surface area contributed by atoms with Gasteiger partial charge in [-0.05, 0) is 63.9 Å². The van der Waals surface area contributed by atoms with Crippen molar-refractivity contribution in [1.82, 2.24) is 10.2 Å². The van der Waals surface area contributed by atoms with E-state index in [-0.39, 0.29) is 30.8 Å². The van der Waals surface area contributed by atoms with E-state index in [1.807, 2.05) is 51.1 Å². The number of benzene rings is 2. The molecule has 1 atom stereocenters. The first-order chi connectivity index (χ1) is 14.7. The zero-order valence-electron chi connectivity index (χ0n) is 18.5. The van der Waals surface area contributed by atoms with E-state index < -0.39 is 6.04 Å². The number of amides is 2. The van der Waals surface area contributed by atoms with Crippen LogP contribution in [0, 0.1) is 6.92 Å². The van der Waals surface area contributed by atoms with E-state index >= 15 is 0 Å². The van der Waals surface area contributed by atoms with Crippen LogP contribution in [0.2, 0.25) is 10.0 Å². The van der Waals surface area contributed by atoms with Gasteiger partial charge in [0.1, 0.15) is 11.8 Å². The number of nitrogens with zero attached hydrogens (tertiary/aromatic N) is 1. The maximum absolute atomic E-state index is 13.0. The fraction of sp³-hybridized carbons (Fsp3) is 0.417. The molecule has 0 saturated heterocycles. The lowest BCUT2D eigenvalue weighted by atomic mass is 10.1. The molecule has 0 spiro atoms. The first-order valence-electron chi connectivity index (χ1n) is 10.4. The molecule has 168 valence electrons. The molecule has 31 heavy (non-hydrogen) atoms. The summed E-state index contributed by atoms with van der Waals surface area (Å²) in [7, 11) is 0. The van der Waals surface area contributed by atoms with Crippen molar-refractivity contribution in [3.63, 3.8) is 0 Å². The van der Waals surface area contributed by atoms with Crippen LogP contribution in [0.1, 0.15) is 44.7 Å². The Morgan fingerprint density at radius 3 is 2.32 bits per heavy atom. The number of ether oxygens (including phenoxy) is 1. The molecule has 7 heteroatoms. The minimum atomic E-state index is -0.623. The molecule has 2 amide bonds. The Labute approximate surface area is 194 Å². The molecule has 0 aliphatic rings. The summed E-state index contributed by atoms with van der Waals surface area (Å²) >= 11 is 12.1. The van der Waals surface area contributed by atoms with Gasteiger partial charge >= 0.3 is 0 Å². The van der Waals surface area contributed by atoms with Crippen LogP contribution in [0.3, 0.4) is 0 Å². The second kappa shape index (κ2) is 12.0. The average molecular weight is 465 g/mol. The van der Waals surface area contributed by atoms with Crippen molar-refractivity contribution in [2.75, 3.05) is 6.61 Å². The molecular formula is C24H30Cl2N2O3. The third-order valence-electron chi connectivity index (χ3n) is 4.76. The SMILES string of the molecule is Cc1ccc(OCCCC(=O)N(Cc2ccc(Cl)c(Cl)c2)[C@@H](C)C(=O)NC(C)C)cc1. The second-order valence-electron chi connectivity index (χ2n) is 7.87. The van der Waals surface area contributed by atoms with Gasteiger partial charge in [0.05, 0.1) is 16.7 Å². The molecule has 2 rings (SSSR count). The van der Waals surface area contributed by atoms with Crippen LogP contribution in [0.5, 0.6) is 5.75 Å². The first kappa shape index (κ1) is 25.0. The Morgan fingerprint density at radius 2 is 1.71 bits per heavy atom. The van der Waals surface area contributed by atoms with E-state index in [2.05, 4.69) is 5.32 Å².